The van der Waals surface area contributed by atoms with Gasteiger partial charge in [-0.2, -0.15) is 4.98 Å². The average Bonchev–Trinajstić information content (AvgIpc) is 3.00. The van der Waals surface area contributed by atoms with Crippen molar-refractivity contribution in [1.29, 1.82) is 0 Å². The van der Waals surface area contributed by atoms with Crippen LogP contribution in [0.3, 0.4) is 0 Å². The lowest BCUT2D eigenvalue weighted by atomic mass is 10.2. The van der Waals surface area contributed by atoms with Crippen molar-refractivity contribution in [2.24, 2.45) is 0 Å². The number of hydrogen-bond acceptors (Lipinski definition) is 5. The molecular formula is C16H21ClN4O. The fraction of sp³-hybridized carbons (Fsp3) is 0.500. The first-order valence-electron chi connectivity index (χ1n) is 7.67. The van der Waals surface area contributed by atoms with E-state index in [1.165, 1.54) is 5.56 Å². The van der Waals surface area contributed by atoms with E-state index in [1.54, 1.807) is 0 Å². The predicted octanol–water partition coefficient (Wildman–Crippen LogP) is 3.17. The summed E-state index contributed by atoms with van der Waals surface area (Å²) in [4.78, 5) is 9.06. The van der Waals surface area contributed by atoms with Gasteiger partial charge in [0.1, 0.15) is 0 Å². The summed E-state index contributed by atoms with van der Waals surface area (Å²) in [5, 5.41) is 4.82. The van der Waals surface area contributed by atoms with E-state index in [2.05, 4.69) is 45.9 Å². The van der Waals surface area contributed by atoms with Crippen molar-refractivity contribution in [2.75, 3.05) is 31.1 Å². The summed E-state index contributed by atoms with van der Waals surface area (Å²) in [6.45, 7) is 8.88. The molecule has 1 saturated heterocycles. The monoisotopic (exact) mass is 320 g/mol. The van der Waals surface area contributed by atoms with Gasteiger partial charge in [-0.15, -0.1) is 0 Å². The Bertz CT molecular complexity index is 603. The van der Waals surface area contributed by atoms with Crippen molar-refractivity contribution in [1.82, 2.24) is 15.0 Å². The zero-order valence-corrected chi connectivity index (χ0v) is 13.8. The molecule has 0 radical (unpaired) electrons. The molecule has 2 heterocycles. The van der Waals surface area contributed by atoms with Crippen molar-refractivity contribution in [3.8, 4) is 0 Å². The number of halogens is 1. The van der Waals surface area contributed by atoms with E-state index in [4.69, 9.17) is 16.1 Å². The summed E-state index contributed by atoms with van der Waals surface area (Å²) < 4.78 is 5.36. The number of anilines is 1. The van der Waals surface area contributed by atoms with Crippen LogP contribution in [0.5, 0.6) is 0 Å². The first kappa shape index (κ1) is 15.3. The third-order valence-electron chi connectivity index (χ3n) is 3.91. The Kier molecular flexibility index (Phi) is 4.64. The molecule has 1 aliphatic heterocycles. The molecule has 0 N–H and O–H groups in total. The molecule has 6 heteroatoms. The van der Waals surface area contributed by atoms with E-state index in [0.717, 1.165) is 43.6 Å². The van der Waals surface area contributed by atoms with Gasteiger partial charge in [0.25, 0.3) is 0 Å². The lowest BCUT2D eigenvalue weighted by molar-refractivity contribution is 0.242. The minimum atomic E-state index is 0.295. The highest BCUT2D eigenvalue weighted by molar-refractivity contribution is 6.30. The molecule has 0 bridgehead atoms. The van der Waals surface area contributed by atoms with Crippen LogP contribution < -0.4 is 4.90 Å². The van der Waals surface area contributed by atoms with Crippen LogP contribution in [0.1, 0.15) is 31.2 Å². The Balaban J connectivity index is 1.54. The lowest BCUT2D eigenvalue weighted by Gasteiger charge is -2.33. The third kappa shape index (κ3) is 3.59. The van der Waals surface area contributed by atoms with E-state index in [9.17, 15) is 0 Å². The maximum atomic E-state index is 5.92. The van der Waals surface area contributed by atoms with Gasteiger partial charge in [0, 0.05) is 43.7 Å². The zero-order valence-electron chi connectivity index (χ0n) is 13.0. The Hall–Kier alpha value is -1.59. The molecule has 1 aromatic carbocycles. The van der Waals surface area contributed by atoms with Crippen LogP contribution in [0.4, 0.5) is 6.01 Å². The summed E-state index contributed by atoms with van der Waals surface area (Å²) in [5.41, 5.74) is 1.29. The summed E-state index contributed by atoms with van der Waals surface area (Å²) >= 11 is 5.92. The molecule has 3 rings (SSSR count). The molecule has 0 spiro atoms. The Labute approximate surface area is 135 Å². The van der Waals surface area contributed by atoms with Gasteiger partial charge in [-0.3, -0.25) is 4.90 Å². The van der Waals surface area contributed by atoms with Gasteiger partial charge < -0.3 is 9.42 Å². The molecule has 118 valence electrons. The van der Waals surface area contributed by atoms with E-state index in [-0.39, 0.29) is 0 Å². The van der Waals surface area contributed by atoms with E-state index >= 15 is 0 Å². The molecule has 0 amide bonds. The summed E-state index contributed by atoms with van der Waals surface area (Å²) in [5.74, 6) is 1.07. The highest BCUT2D eigenvalue weighted by Crippen LogP contribution is 2.19. The van der Waals surface area contributed by atoms with Crippen molar-refractivity contribution in [2.45, 2.75) is 26.3 Å². The summed E-state index contributed by atoms with van der Waals surface area (Å²) in [6.07, 6.45) is 0. The van der Waals surface area contributed by atoms with Gasteiger partial charge >= 0.3 is 6.01 Å². The first-order chi connectivity index (χ1) is 10.6. The number of benzene rings is 1. The summed E-state index contributed by atoms with van der Waals surface area (Å²) in [6, 6.07) is 8.70. The van der Waals surface area contributed by atoms with Crippen LogP contribution in [0.2, 0.25) is 5.02 Å². The molecule has 22 heavy (non-hydrogen) atoms. The lowest BCUT2D eigenvalue weighted by Crippen LogP contribution is -2.46. The molecule has 2 aromatic rings. The molecule has 0 aliphatic carbocycles. The molecule has 0 saturated carbocycles. The van der Waals surface area contributed by atoms with Crippen LogP contribution in [-0.4, -0.2) is 41.2 Å². The van der Waals surface area contributed by atoms with E-state index < -0.39 is 0 Å². The second-order valence-corrected chi connectivity index (χ2v) is 6.42. The molecule has 1 aliphatic rings. The topological polar surface area (TPSA) is 45.4 Å². The molecule has 1 aromatic heterocycles. The van der Waals surface area contributed by atoms with Gasteiger partial charge in [0.15, 0.2) is 5.82 Å². The first-order valence-corrected chi connectivity index (χ1v) is 8.05. The smallest absolute Gasteiger partial charge is 0.322 e. The Morgan fingerprint density at radius 1 is 1.14 bits per heavy atom. The largest absolute Gasteiger partial charge is 0.324 e. The highest BCUT2D eigenvalue weighted by Gasteiger charge is 2.22. The second kappa shape index (κ2) is 6.67. The number of rotatable bonds is 4. The second-order valence-electron chi connectivity index (χ2n) is 5.98. The maximum Gasteiger partial charge on any atom is 0.324 e. The van der Waals surface area contributed by atoms with Crippen molar-refractivity contribution in [3.63, 3.8) is 0 Å². The third-order valence-corrected chi connectivity index (χ3v) is 4.16. The van der Waals surface area contributed by atoms with Gasteiger partial charge in [0.2, 0.25) is 0 Å². The molecule has 0 unspecified atom stereocenters. The zero-order chi connectivity index (χ0) is 15.5. The van der Waals surface area contributed by atoms with Gasteiger partial charge in [0.05, 0.1) is 0 Å². The number of piperazine rings is 1. The fourth-order valence-electron chi connectivity index (χ4n) is 2.53. The molecule has 1 fully saturated rings. The molecule has 5 nitrogen and oxygen atoms in total. The standard InChI is InChI=1S/C16H21ClN4O/c1-12(2)15-18-16(22-19-15)21-9-7-20(8-10-21)11-13-3-5-14(17)6-4-13/h3-6,12H,7-11H2,1-2H3. The Morgan fingerprint density at radius 3 is 2.41 bits per heavy atom. The maximum absolute atomic E-state index is 5.92. The van der Waals surface area contributed by atoms with Crippen LogP contribution in [0.25, 0.3) is 0 Å². The van der Waals surface area contributed by atoms with Gasteiger partial charge in [-0.1, -0.05) is 42.7 Å². The van der Waals surface area contributed by atoms with E-state index in [0.29, 0.717) is 11.9 Å². The highest BCUT2D eigenvalue weighted by atomic mass is 35.5. The fourth-order valence-corrected chi connectivity index (χ4v) is 2.66. The average molecular weight is 321 g/mol. The molecular weight excluding hydrogens is 300 g/mol. The number of nitrogens with zero attached hydrogens (tertiary/aromatic N) is 4. The van der Waals surface area contributed by atoms with Crippen LogP contribution in [-0.2, 0) is 6.54 Å². The van der Waals surface area contributed by atoms with Crippen LogP contribution in [0, 0.1) is 0 Å². The SMILES string of the molecule is CC(C)c1noc(N2CCN(Cc3ccc(Cl)cc3)CC2)n1. The normalized spacial score (nSPS) is 16.5. The quantitative estimate of drug-likeness (QED) is 0.866. The van der Waals surface area contributed by atoms with E-state index in [1.807, 2.05) is 12.1 Å². The van der Waals surface area contributed by atoms with Crippen molar-refractivity contribution >= 4 is 17.6 Å². The predicted molar refractivity (Wildman–Crippen MR) is 87.3 cm³/mol. The van der Waals surface area contributed by atoms with Crippen LogP contribution in [0.15, 0.2) is 28.8 Å². The summed E-state index contributed by atoms with van der Waals surface area (Å²) in [7, 11) is 0. The van der Waals surface area contributed by atoms with Gasteiger partial charge in [-0.25, -0.2) is 0 Å². The molecule has 0 atom stereocenters. The number of aromatic nitrogens is 2. The minimum Gasteiger partial charge on any atom is -0.322 e. The van der Waals surface area contributed by atoms with Crippen LogP contribution >= 0.6 is 11.6 Å². The van der Waals surface area contributed by atoms with Crippen molar-refractivity contribution in [3.05, 3.63) is 40.7 Å². The number of hydrogen-bond donors (Lipinski definition) is 0. The van der Waals surface area contributed by atoms with Crippen molar-refractivity contribution < 1.29 is 4.52 Å². The van der Waals surface area contributed by atoms with Gasteiger partial charge in [-0.05, 0) is 17.7 Å². The Morgan fingerprint density at radius 2 is 1.82 bits per heavy atom. The minimum absolute atomic E-state index is 0.295.